The number of carbonyl (C=O) groups excluding carboxylic acids is 1. The monoisotopic (exact) mass is 257 g/mol. The van der Waals surface area contributed by atoms with Gasteiger partial charge in [0.25, 0.3) is 0 Å². The van der Waals surface area contributed by atoms with Gasteiger partial charge >= 0.3 is 5.97 Å². The number of nitrogens with zero attached hydrogens (tertiary/aromatic N) is 1. The maximum absolute atomic E-state index is 11.4. The summed E-state index contributed by atoms with van der Waals surface area (Å²) < 4.78 is 4.86. The maximum Gasteiger partial charge on any atom is 0.330 e. The largest absolute Gasteiger partial charge is 0.463 e. The predicted molar refractivity (Wildman–Crippen MR) is 74.3 cm³/mol. The molecule has 0 radical (unpaired) electrons. The summed E-state index contributed by atoms with van der Waals surface area (Å²) in [7, 11) is 0. The predicted octanol–water partition coefficient (Wildman–Crippen LogP) is 3.22. The van der Waals surface area contributed by atoms with Crippen molar-refractivity contribution in [3.8, 4) is 6.07 Å². The lowest BCUT2D eigenvalue weighted by Crippen LogP contribution is -2.28. The van der Waals surface area contributed by atoms with Crippen molar-refractivity contribution in [1.29, 1.82) is 5.26 Å². The van der Waals surface area contributed by atoms with E-state index in [1.54, 1.807) is 13.0 Å². The van der Waals surface area contributed by atoms with E-state index >= 15 is 0 Å². The molecule has 0 aliphatic heterocycles. The summed E-state index contributed by atoms with van der Waals surface area (Å²) in [6, 6.07) is 11.8. The third-order valence-electron chi connectivity index (χ3n) is 3.12. The Hall–Kier alpha value is -2.08. The summed E-state index contributed by atoms with van der Waals surface area (Å²) in [5.74, 6) is -0.371. The molecule has 0 spiro atoms. The molecule has 0 aliphatic rings. The summed E-state index contributed by atoms with van der Waals surface area (Å²) in [6.07, 6.45) is 2.99. The number of hydrogen-bond acceptors (Lipinski definition) is 3. The van der Waals surface area contributed by atoms with Crippen LogP contribution in [-0.2, 0) is 14.9 Å². The second-order valence-corrected chi connectivity index (χ2v) is 4.59. The highest BCUT2D eigenvalue weighted by Gasteiger charge is 2.33. The number of benzene rings is 1. The van der Waals surface area contributed by atoms with Crippen LogP contribution >= 0.6 is 0 Å². The van der Waals surface area contributed by atoms with Gasteiger partial charge in [-0.05, 0) is 18.4 Å². The molecule has 0 aliphatic carbocycles. The second-order valence-electron chi connectivity index (χ2n) is 4.59. The minimum atomic E-state index is -0.811. The van der Waals surface area contributed by atoms with Crippen LogP contribution in [0.15, 0.2) is 42.5 Å². The summed E-state index contributed by atoms with van der Waals surface area (Å²) in [6.45, 7) is 6.01. The first-order valence-electron chi connectivity index (χ1n) is 6.39. The molecule has 0 heterocycles. The van der Waals surface area contributed by atoms with Crippen LogP contribution in [-0.4, -0.2) is 12.6 Å². The molecule has 1 rings (SSSR count). The average molecular weight is 257 g/mol. The fraction of sp³-hybridized carbons (Fsp3) is 0.375. The SMILES string of the molecule is CCOC(=O)C=CC(C#N)(c1ccccc1)C(C)C. The van der Waals surface area contributed by atoms with Crippen LogP contribution in [0.5, 0.6) is 0 Å². The minimum Gasteiger partial charge on any atom is -0.463 e. The van der Waals surface area contributed by atoms with Crippen molar-refractivity contribution < 1.29 is 9.53 Å². The van der Waals surface area contributed by atoms with Gasteiger partial charge in [-0.15, -0.1) is 0 Å². The second kappa shape index (κ2) is 6.75. The lowest BCUT2D eigenvalue weighted by atomic mass is 9.72. The lowest BCUT2D eigenvalue weighted by molar-refractivity contribution is -0.137. The Kier molecular flexibility index (Phi) is 5.32. The van der Waals surface area contributed by atoms with Crippen molar-refractivity contribution in [1.82, 2.24) is 0 Å². The first kappa shape index (κ1) is 15.0. The van der Waals surface area contributed by atoms with Crippen LogP contribution in [0.3, 0.4) is 0 Å². The molecule has 100 valence electrons. The van der Waals surface area contributed by atoms with Crippen LogP contribution in [0.2, 0.25) is 0 Å². The first-order valence-corrected chi connectivity index (χ1v) is 6.39. The number of allylic oxidation sites excluding steroid dienone is 1. The van der Waals surface area contributed by atoms with Gasteiger partial charge < -0.3 is 4.74 Å². The first-order chi connectivity index (χ1) is 9.06. The molecule has 0 saturated carbocycles. The molecular formula is C16H19NO2. The van der Waals surface area contributed by atoms with E-state index in [0.29, 0.717) is 6.61 Å². The van der Waals surface area contributed by atoms with Crippen molar-refractivity contribution in [3.05, 3.63) is 48.0 Å². The molecule has 1 aromatic rings. The molecule has 0 aromatic heterocycles. The molecule has 1 atom stereocenters. The number of esters is 1. The Balaban J connectivity index is 3.16. The summed E-state index contributed by atoms with van der Waals surface area (Å²) in [5, 5.41) is 9.59. The van der Waals surface area contributed by atoms with E-state index in [0.717, 1.165) is 5.56 Å². The van der Waals surface area contributed by atoms with Crippen LogP contribution in [0.25, 0.3) is 0 Å². The fourth-order valence-corrected chi connectivity index (χ4v) is 1.96. The van der Waals surface area contributed by atoms with Crippen LogP contribution in [0.4, 0.5) is 0 Å². The van der Waals surface area contributed by atoms with E-state index in [1.165, 1.54) is 6.08 Å². The molecule has 3 nitrogen and oxygen atoms in total. The molecule has 1 aromatic carbocycles. The fourth-order valence-electron chi connectivity index (χ4n) is 1.96. The summed E-state index contributed by atoms with van der Waals surface area (Å²) in [5.41, 5.74) is 0.0710. The van der Waals surface area contributed by atoms with Gasteiger partial charge in [0.15, 0.2) is 0 Å². The topological polar surface area (TPSA) is 50.1 Å². The van der Waals surface area contributed by atoms with Crippen LogP contribution < -0.4 is 0 Å². The van der Waals surface area contributed by atoms with Crippen molar-refractivity contribution in [2.75, 3.05) is 6.61 Å². The number of rotatable bonds is 5. The van der Waals surface area contributed by atoms with Gasteiger partial charge in [-0.2, -0.15) is 5.26 Å². The highest BCUT2D eigenvalue weighted by Crippen LogP contribution is 2.33. The molecule has 19 heavy (non-hydrogen) atoms. The van der Waals surface area contributed by atoms with E-state index in [2.05, 4.69) is 6.07 Å². The van der Waals surface area contributed by atoms with Gasteiger partial charge in [-0.25, -0.2) is 4.79 Å². The smallest absolute Gasteiger partial charge is 0.330 e. The zero-order valence-electron chi connectivity index (χ0n) is 11.6. The Labute approximate surface area is 114 Å². The van der Waals surface area contributed by atoms with E-state index < -0.39 is 11.4 Å². The van der Waals surface area contributed by atoms with Gasteiger partial charge in [0.1, 0.15) is 5.41 Å². The third-order valence-corrected chi connectivity index (χ3v) is 3.12. The quantitative estimate of drug-likeness (QED) is 0.601. The minimum absolute atomic E-state index is 0.0468. The zero-order valence-corrected chi connectivity index (χ0v) is 11.6. The van der Waals surface area contributed by atoms with Gasteiger partial charge in [0.2, 0.25) is 0 Å². The van der Waals surface area contributed by atoms with Gasteiger partial charge in [-0.3, -0.25) is 0 Å². The van der Waals surface area contributed by atoms with E-state index in [9.17, 15) is 10.1 Å². The van der Waals surface area contributed by atoms with Gasteiger partial charge in [0, 0.05) is 6.08 Å². The maximum atomic E-state index is 11.4. The molecule has 0 saturated heterocycles. The number of nitriles is 1. The zero-order chi connectivity index (χ0) is 14.3. The van der Waals surface area contributed by atoms with Crippen LogP contribution in [0.1, 0.15) is 26.3 Å². The van der Waals surface area contributed by atoms with Crippen LogP contribution in [0, 0.1) is 17.2 Å². The molecule has 0 fully saturated rings. The Bertz CT molecular complexity index is 485. The van der Waals surface area contributed by atoms with Crippen molar-refractivity contribution in [2.45, 2.75) is 26.2 Å². The highest BCUT2D eigenvalue weighted by molar-refractivity contribution is 5.82. The highest BCUT2D eigenvalue weighted by atomic mass is 16.5. The van der Waals surface area contributed by atoms with E-state index in [-0.39, 0.29) is 5.92 Å². The Morgan fingerprint density at radius 2 is 2.05 bits per heavy atom. The number of ether oxygens (including phenoxy) is 1. The third kappa shape index (κ3) is 3.45. The molecule has 0 N–H and O–H groups in total. The van der Waals surface area contributed by atoms with Crippen molar-refractivity contribution >= 4 is 5.97 Å². The van der Waals surface area contributed by atoms with Gasteiger partial charge in [-0.1, -0.05) is 50.3 Å². The number of carbonyl (C=O) groups is 1. The van der Waals surface area contributed by atoms with Gasteiger partial charge in [0.05, 0.1) is 12.7 Å². The standard InChI is InChI=1S/C16H19NO2/c1-4-19-15(18)10-11-16(12-17,13(2)3)14-8-6-5-7-9-14/h5-11,13H,4H2,1-3H3. The van der Waals surface area contributed by atoms with Crippen molar-refractivity contribution in [3.63, 3.8) is 0 Å². The number of hydrogen-bond donors (Lipinski definition) is 0. The summed E-state index contributed by atoms with van der Waals surface area (Å²) in [4.78, 5) is 11.4. The summed E-state index contributed by atoms with van der Waals surface area (Å²) >= 11 is 0. The Morgan fingerprint density at radius 3 is 2.53 bits per heavy atom. The molecule has 0 bridgehead atoms. The van der Waals surface area contributed by atoms with E-state index in [1.807, 2.05) is 44.2 Å². The molecule has 3 heteroatoms. The van der Waals surface area contributed by atoms with Crippen molar-refractivity contribution in [2.24, 2.45) is 5.92 Å². The molecule has 1 unspecified atom stereocenters. The Morgan fingerprint density at radius 1 is 1.42 bits per heavy atom. The average Bonchev–Trinajstić information content (AvgIpc) is 2.41. The lowest BCUT2D eigenvalue weighted by Gasteiger charge is -2.27. The molecular weight excluding hydrogens is 238 g/mol. The normalized spacial score (nSPS) is 14.1. The molecule has 0 amide bonds. The van der Waals surface area contributed by atoms with E-state index in [4.69, 9.17) is 4.74 Å².